The van der Waals surface area contributed by atoms with Crippen LogP contribution < -0.4 is 0 Å². The third kappa shape index (κ3) is 59.7. The van der Waals surface area contributed by atoms with Gasteiger partial charge in [-0.1, -0.05) is 273 Å². The summed E-state index contributed by atoms with van der Waals surface area (Å²) in [6.07, 6.45) is 80.6. The molecule has 0 rings (SSSR count). The summed E-state index contributed by atoms with van der Waals surface area (Å²) in [5.41, 5.74) is 0. The number of hydrogen-bond acceptors (Lipinski definition) is 6. The Labute approximate surface area is 459 Å². The van der Waals surface area contributed by atoms with Crippen LogP contribution >= 0.6 is 0 Å². The van der Waals surface area contributed by atoms with Gasteiger partial charge in [0, 0.05) is 19.3 Å². The summed E-state index contributed by atoms with van der Waals surface area (Å²) in [5, 5.41) is 0. The van der Waals surface area contributed by atoms with Gasteiger partial charge in [0.15, 0.2) is 6.10 Å². The Morgan fingerprint density at radius 1 is 0.284 bits per heavy atom. The van der Waals surface area contributed by atoms with Gasteiger partial charge in [-0.05, 0) is 103 Å². The molecule has 0 saturated heterocycles. The van der Waals surface area contributed by atoms with Crippen molar-refractivity contribution < 1.29 is 28.6 Å². The highest BCUT2D eigenvalue weighted by molar-refractivity contribution is 5.71. The zero-order valence-electron chi connectivity index (χ0n) is 49.1. The van der Waals surface area contributed by atoms with Gasteiger partial charge in [0.1, 0.15) is 13.2 Å². The van der Waals surface area contributed by atoms with Crippen molar-refractivity contribution in [2.45, 2.75) is 329 Å². The molecule has 0 saturated carbocycles. The molecule has 0 aliphatic carbocycles. The van der Waals surface area contributed by atoms with Gasteiger partial charge >= 0.3 is 17.9 Å². The van der Waals surface area contributed by atoms with E-state index in [0.717, 1.165) is 89.9 Å². The summed E-state index contributed by atoms with van der Waals surface area (Å²) in [4.78, 5) is 38.2. The second-order valence-corrected chi connectivity index (χ2v) is 21.3. The molecule has 0 spiro atoms. The number of hydrogen-bond donors (Lipinski definition) is 0. The third-order valence-electron chi connectivity index (χ3n) is 13.9. The minimum atomic E-state index is -0.780. The van der Waals surface area contributed by atoms with E-state index in [1.165, 1.54) is 193 Å². The molecule has 428 valence electrons. The van der Waals surface area contributed by atoms with E-state index in [1.807, 2.05) is 0 Å². The number of esters is 3. The molecular formula is C68H120O6. The van der Waals surface area contributed by atoms with Crippen molar-refractivity contribution in [2.75, 3.05) is 13.2 Å². The van der Waals surface area contributed by atoms with E-state index in [9.17, 15) is 14.4 Å². The summed E-state index contributed by atoms with van der Waals surface area (Å²) < 4.78 is 16.9. The lowest BCUT2D eigenvalue weighted by Crippen LogP contribution is -2.30. The quantitative estimate of drug-likeness (QED) is 0.0261. The second kappa shape index (κ2) is 62.4. The minimum Gasteiger partial charge on any atom is -0.462 e. The van der Waals surface area contributed by atoms with Crippen molar-refractivity contribution in [3.05, 3.63) is 72.9 Å². The normalized spacial score (nSPS) is 12.5. The molecule has 0 aliphatic heterocycles. The SMILES string of the molecule is CC/C=C\C/C=C\C/C=C\C/C=C\CCCCCCCCCCCCCCCCC(=O)OCC(COC(=O)CCCCCCC/C=C\CCCC)OC(=O)CCCCCCCCC/C=C\CCCCCCCCC. The zero-order chi connectivity index (χ0) is 53.6. The molecule has 0 radical (unpaired) electrons. The molecule has 0 fully saturated rings. The maximum Gasteiger partial charge on any atom is 0.306 e. The fraction of sp³-hybridized carbons (Fsp3) is 0.779. The van der Waals surface area contributed by atoms with Crippen molar-refractivity contribution in [3.63, 3.8) is 0 Å². The Bertz CT molecular complexity index is 1370. The number of unbranched alkanes of at least 4 members (excludes halogenated alkanes) is 35. The first-order valence-corrected chi connectivity index (χ1v) is 31.9. The van der Waals surface area contributed by atoms with Crippen LogP contribution in [0.5, 0.6) is 0 Å². The average Bonchev–Trinajstić information content (AvgIpc) is 3.40. The van der Waals surface area contributed by atoms with Gasteiger partial charge in [-0.3, -0.25) is 14.4 Å². The van der Waals surface area contributed by atoms with Gasteiger partial charge in [0.2, 0.25) is 0 Å². The predicted octanol–water partition coefficient (Wildman–Crippen LogP) is 21.7. The first-order chi connectivity index (χ1) is 36.5. The van der Waals surface area contributed by atoms with Crippen LogP contribution in [0.2, 0.25) is 0 Å². The molecule has 0 bridgehead atoms. The molecule has 0 heterocycles. The first-order valence-electron chi connectivity index (χ1n) is 31.9. The van der Waals surface area contributed by atoms with Crippen LogP contribution in [0.25, 0.3) is 0 Å². The molecule has 74 heavy (non-hydrogen) atoms. The van der Waals surface area contributed by atoms with Crippen LogP contribution in [0.3, 0.4) is 0 Å². The fourth-order valence-electron chi connectivity index (χ4n) is 9.12. The molecule has 0 aromatic rings. The highest BCUT2D eigenvalue weighted by Crippen LogP contribution is 2.17. The van der Waals surface area contributed by atoms with Gasteiger partial charge in [-0.25, -0.2) is 0 Å². The van der Waals surface area contributed by atoms with E-state index in [1.54, 1.807) is 0 Å². The monoisotopic (exact) mass is 1030 g/mol. The summed E-state index contributed by atoms with van der Waals surface area (Å²) in [6, 6.07) is 0. The van der Waals surface area contributed by atoms with Crippen molar-refractivity contribution in [1.29, 1.82) is 0 Å². The van der Waals surface area contributed by atoms with E-state index >= 15 is 0 Å². The summed E-state index contributed by atoms with van der Waals surface area (Å²) in [6.45, 7) is 6.51. The minimum absolute atomic E-state index is 0.0776. The number of carbonyl (C=O) groups excluding carboxylic acids is 3. The van der Waals surface area contributed by atoms with Crippen LogP contribution in [0, 0.1) is 0 Å². The van der Waals surface area contributed by atoms with Gasteiger partial charge in [-0.15, -0.1) is 0 Å². The lowest BCUT2D eigenvalue weighted by Gasteiger charge is -2.18. The number of ether oxygens (including phenoxy) is 3. The molecule has 0 amide bonds. The van der Waals surface area contributed by atoms with Crippen molar-refractivity contribution in [1.82, 2.24) is 0 Å². The Hall–Kier alpha value is -3.15. The maximum atomic E-state index is 12.9. The highest BCUT2D eigenvalue weighted by Gasteiger charge is 2.19. The van der Waals surface area contributed by atoms with Crippen molar-refractivity contribution >= 4 is 17.9 Å². The van der Waals surface area contributed by atoms with Gasteiger partial charge in [0.05, 0.1) is 0 Å². The molecule has 0 aromatic carbocycles. The lowest BCUT2D eigenvalue weighted by molar-refractivity contribution is -0.167. The standard InChI is InChI=1S/C68H120O6/c1-4-7-10-13-16-19-22-24-26-28-30-31-32-33-34-35-36-37-38-40-41-43-46-49-52-55-58-61-67(70)73-64-65(63-72-66(69)60-57-54-51-48-45-21-18-15-12-9-6-3)74-68(71)62-59-56-53-50-47-44-42-39-29-27-25-23-20-17-14-11-8-5-2/h7,10,15-16,18-19,24,26-27,29-31,65H,4-6,8-9,11-14,17,20-23,25,28,32-64H2,1-3H3/b10-7-,18-15-,19-16-,26-24-,29-27-,31-30-. The maximum absolute atomic E-state index is 12.9. The average molecular weight is 1030 g/mol. The van der Waals surface area contributed by atoms with E-state index in [4.69, 9.17) is 14.2 Å². The smallest absolute Gasteiger partial charge is 0.306 e. The molecule has 0 N–H and O–H groups in total. The van der Waals surface area contributed by atoms with Gasteiger partial charge in [0.25, 0.3) is 0 Å². The zero-order valence-corrected chi connectivity index (χ0v) is 49.1. The summed E-state index contributed by atoms with van der Waals surface area (Å²) in [5.74, 6) is -0.879. The Balaban J connectivity index is 4.22. The highest BCUT2D eigenvalue weighted by atomic mass is 16.6. The molecule has 0 aliphatic rings. The Morgan fingerprint density at radius 3 is 0.878 bits per heavy atom. The lowest BCUT2D eigenvalue weighted by atomic mass is 10.0. The largest absolute Gasteiger partial charge is 0.462 e. The molecule has 6 nitrogen and oxygen atoms in total. The van der Waals surface area contributed by atoms with E-state index in [-0.39, 0.29) is 31.1 Å². The molecule has 1 atom stereocenters. The summed E-state index contributed by atoms with van der Waals surface area (Å²) in [7, 11) is 0. The number of allylic oxidation sites excluding steroid dienone is 12. The van der Waals surface area contributed by atoms with Gasteiger partial charge in [-0.2, -0.15) is 0 Å². The van der Waals surface area contributed by atoms with Crippen LogP contribution in [0.15, 0.2) is 72.9 Å². The molecule has 0 aromatic heterocycles. The van der Waals surface area contributed by atoms with Crippen LogP contribution in [0.1, 0.15) is 323 Å². The molecule has 1 unspecified atom stereocenters. The predicted molar refractivity (Wildman–Crippen MR) is 321 cm³/mol. The number of carbonyl (C=O) groups is 3. The van der Waals surface area contributed by atoms with E-state index < -0.39 is 6.10 Å². The Morgan fingerprint density at radius 2 is 0.541 bits per heavy atom. The third-order valence-corrected chi connectivity index (χ3v) is 13.9. The molecule has 6 heteroatoms. The Kier molecular flexibility index (Phi) is 59.7. The van der Waals surface area contributed by atoms with Crippen molar-refractivity contribution in [3.8, 4) is 0 Å². The number of rotatable bonds is 58. The van der Waals surface area contributed by atoms with Crippen LogP contribution in [-0.4, -0.2) is 37.2 Å². The fourth-order valence-corrected chi connectivity index (χ4v) is 9.12. The van der Waals surface area contributed by atoms with Gasteiger partial charge < -0.3 is 14.2 Å². The topological polar surface area (TPSA) is 78.9 Å². The van der Waals surface area contributed by atoms with E-state index in [0.29, 0.717) is 19.3 Å². The van der Waals surface area contributed by atoms with Crippen LogP contribution in [-0.2, 0) is 28.6 Å². The van der Waals surface area contributed by atoms with E-state index in [2.05, 4.69) is 93.7 Å². The first kappa shape index (κ1) is 70.8. The summed E-state index contributed by atoms with van der Waals surface area (Å²) >= 11 is 0. The van der Waals surface area contributed by atoms with Crippen LogP contribution in [0.4, 0.5) is 0 Å². The second-order valence-electron chi connectivity index (χ2n) is 21.3. The van der Waals surface area contributed by atoms with Crippen molar-refractivity contribution in [2.24, 2.45) is 0 Å². The molecular weight excluding hydrogens is 913 g/mol.